The first-order valence-corrected chi connectivity index (χ1v) is 6.58. The van der Waals surface area contributed by atoms with E-state index >= 15 is 0 Å². The van der Waals surface area contributed by atoms with Crippen molar-refractivity contribution in [3.8, 4) is 11.8 Å². The quantitative estimate of drug-likeness (QED) is 0.817. The normalized spacial score (nSPS) is 16.2. The number of nitriles is 1. The third-order valence-corrected chi connectivity index (χ3v) is 3.47. The summed E-state index contributed by atoms with van der Waals surface area (Å²) in [5, 5.41) is 8.77. The van der Waals surface area contributed by atoms with Crippen molar-refractivity contribution in [2.24, 2.45) is 0 Å². The summed E-state index contributed by atoms with van der Waals surface area (Å²) in [6, 6.07) is 8.26. The second-order valence-electron chi connectivity index (χ2n) is 4.82. The van der Waals surface area contributed by atoms with E-state index in [0.29, 0.717) is 6.42 Å². The molecule has 0 radical (unpaired) electrons. The molecule has 0 aromatic heterocycles. The fourth-order valence-corrected chi connectivity index (χ4v) is 2.52. The van der Waals surface area contributed by atoms with Crippen LogP contribution in [0, 0.1) is 11.3 Å². The number of hydrogen-bond donors (Lipinski definition) is 0. The molecule has 1 aromatic rings. The van der Waals surface area contributed by atoms with Crippen LogP contribution in [-0.2, 0) is 13.0 Å². The molecule has 0 atom stereocenters. The average Bonchev–Trinajstić information content (AvgIpc) is 2.41. The summed E-state index contributed by atoms with van der Waals surface area (Å²) >= 11 is 0. The predicted octanol–water partition coefficient (Wildman–Crippen LogP) is 2.75. The highest BCUT2D eigenvalue weighted by Gasteiger charge is 2.13. The maximum Gasteiger partial charge on any atom is 0.123 e. The fourth-order valence-electron chi connectivity index (χ4n) is 2.52. The summed E-state index contributed by atoms with van der Waals surface area (Å²) in [6.07, 6.45) is 4.40. The zero-order chi connectivity index (χ0) is 12.8. The Bertz CT molecular complexity index is 431. The molecule has 3 heteroatoms. The zero-order valence-electron chi connectivity index (χ0n) is 11.0. The van der Waals surface area contributed by atoms with Gasteiger partial charge in [0, 0.05) is 12.1 Å². The fraction of sp³-hybridized carbons (Fsp3) is 0.533. The highest BCUT2D eigenvalue weighted by Crippen LogP contribution is 2.23. The minimum atomic E-state index is 0.469. The smallest absolute Gasteiger partial charge is 0.123 e. The number of nitrogens with zero attached hydrogens (tertiary/aromatic N) is 2. The van der Waals surface area contributed by atoms with Gasteiger partial charge in [-0.3, -0.25) is 4.90 Å². The molecule has 1 aliphatic rings. The zero-order valence-corrected chi connectivity index (χ0v) is 11.0. The van der Waals surface area contributed by atoms with E-state index < -0.39 is 0 Å². The van der Waals surface area contributed by atoms with Gasteiger partial charge < -0.3 is 4.74 Å². The highest BCUT2D eigenvalue weighted by atomic mass is 16.5. The van der Waals surface area contributed by atoms with Gasteiger partial charge in [0.1, 0.15) is 5.75 Å². The Kier molecular flexibility index (Phi) is 4.60. The first-order chi connectivity index (χ1) is 8.83. The van der Waals surface area contributed by atoms with Crippen molar-refractivity contribution in [2.75, 3.05) is 20.2 Å². The van der Waals surface area contributed by atoms with Gasteiger partial charge in [-0.25, -0.2) is 0 Å². The van der Waals surface area contributed by atoms with Crippen LogP contribution in [0.25, 0.3) is 0 Å². The Hall–Kier alpha value is -1.53. The number of benzene rings is 1. The Labute approximate surface area is 109 Å². The standard InChI is InChI=1S/C15H20N2O/c1-18-15-6-5-13(7-8-16)11-14(15)12-17-9-3-2-4-10-17/h5-6,11H,2-4,7,9-10,12H2,1H3. The lowest BCUT2D eigenvalue weighted by atomic mass is 10.1. The second kappa shape index (κ2) is 6.42. The number of methoxy groups -OCH3 is 1. The molecule has 0 N–H and O–H groups in total. The van der Waals surface area contributed by atoms with Crippen LogP contribution < -0.4 is 4.74 Å². The number of piperidine rings is 1. The molecule has 3 nitrogen and oxygen atoms in total. The van der Waals surface area contributed by atoms with E-state index in [-0.39, 0.29) is 0 Å². The molecule has 1 aliphatic heterocycles. The summed E-state index contributed by atoms with van der Waals surface area (Å²) in [4.78, 5) is 2.47. The van der Waals surface area contributed by atoms with Crippen molar-refractivity contribution in [1.29, 1.82) is 5.26 Å². The van der Waals surface area contributed by atoms with Crippen LogP contribution in [0.5, 0.6) is 5.75 Å². The van der Waals surface area contributed by atoms with Crippen LogP contribution in [0.4, 0.5) is 0 Å². The van der Waals surface area contributed by atoms with Gasteiger partial charge in [-0.15, -0.1) is 0 Å². The Balaban J connectivity index is 2.12. The molecule has 0 amide bonds. The molecule has 1 saturated heterocycles. The topological polar surface area (TPSA) is 36.3 Å². The average molecular weight is 244 g/mol. The van der Waals surface area contributed by atoms with E-state index in [1.807, 2.05) is 12.1 Å². The van der Waals surface area contributed by atoms with E-state index in [9.17, 15) is 0 Å². The van der Waals surface area contributed by atoms with E-state index in [1.54, 1.807) is 7.11 Å². The van der Waals surface area contributed by atoms with E-state index in [1.165, 1.54) is 37.9 Å². The van der Waals surface area contributed by atoms with Gasteiger partial charge in [0.2, 0.25) is 0 Å². The number of rotatable bonds is 4. The molecule has 96 valence electrons. The number of likely N-dealkylation sites (tertiary alicyclic amines) is 1. The summed E-state index contributed by atoms with van der Waals surface area (Å²) < 4.78 is 5.41. The Morgan fingerprint density at radius 3 is 2.72 bits per heavy atom. The van der Waals surface area contributed by atoms with Crippen LogP contribution in [0.2, 0.25) is 0 Å². The van der Waals surface area contributed by atoms with Gasteiger partial charge in [-0.05, 0) is 43.6 Å². The molecule has 0 unspecified atom stereocenters. The molecular weight excluding hydrogens is 224 g/mol. The molecule has 1 heterocycles. The summed E-state index contributed by atoms with van der Waals surface area (Å²) in [5.74, 6) is 0.933. The van der Waals surface area contributed by atoms with Gasteiger partial charge in [0.05, 0.1) is 19.6 Å². The maximum absolute atomic E-state index is 8.77. The van der Waals surface area contributed by atoms with Crippen molar-refractivity contribution in [2.45, 2.75) is 32.2 Å². The minimum Gasteiger partial charge on any atom is -0.496 e. The lowest BCUT2D eigenvalue weighted by Gasteiger charge is -2.27. The minimum absolute atomic E-state index is 0.469. The van der Waals surface area contributed by atoms with Gasteiger partial charge in [0.15, 0.2) is 0 Å². The van der Waals surface area contributed by atoms with Crippen LogP contribution >= 0.6 is 0 Å². The van der Waals surface area contributed by atoms with E-state index in [0.717, 1.165) is 17.9 Å². The lowest BCUT2D eigenvalue weighted by molar-refractivity contribution is 0.218. The third kappa shape index (κ3) is 3.24. The van der Waals surface area contributed by atoms with Gasteiger partial charge in [0.25, 0.3) is 0 Å². The van der Waals surface area contributed by atoms with Gasteiger partial charge in [-0.1, -0.05) is 12.5 Å². The molecule has 0 spiro atoms. The maximum atomic E-state index is 8.77. The first kappa shape index (κ1) is 12.9. The number of hydrogen-bond acceptors (Lipinski definition) is 3. The monoisotopic (exact) mass is 244 g/mol. The van der Waals surface area contributed by atoms with Crippen molar-refractivity contribution >= 4 is 0 Å². The molecule has 18 heavy (non-hydrogen) atoms. The Morgan fingerprint density at radius 2 is 2.06 bits per heavy atom. The van der Waals surface area contributed by atoms with E-state index in [2.05, 4.69) is 17.0 Å². The first-order valence-electron chi connectivity index (χ1n) is 6.58. The molecule has 1 aromatic carbocycles. The summed E-state index contributed by atoms with van der Waals surface area (Å²) in [6.45, 7) is 3.28. The molecule has 0 aliphatic carbocycles. The van der Waals surface area contributed by atoms with Crippen molar-refractivity contribution in [3.63, 3.8) is 0 Å². The van der Waals surface area contributed by atoms with E-state index in [4.69, 9.17) is 10.00 Å². The number of ether oxygens (including phenoxy) is 1. The predicted molar refractivity (Wildman–Crippen MR) is 71.4 cm³/mol. The van der Waals surface area contributed by atoms with Crippen molar-refractivity contribution in [1.82, 2.24) is 4.90 Å². The SMILES string of the molecule is COc1ccc(CC#N)cc1CN1CCCCC1. The molecule has 0 saturated carbocycles. The summed E-state index contributed by atoms with van der Waals surface area (Å²) in [5.41, 5.74) is 2.28. The molecule has 1 fully saturated rings. The van der Waals surface area contributed by atoms with Crippen LogP contribution in [0.15, 0.2) is 18.2 Å². The largest absolute Gasteiger partial charge is 0.496 e. The van der Waals surface area contributed by atoms with Crippen LogP contribution in [0.1, 0.15) is 30.4 Å². The molecular formula is C15H20N2O. The lowest BCUT2D eigenvalue weighted by Crippen LogP contribution is -2.29. The molecule has 0 bridgehead atoms. The van der Waals surface area contributed by atoms with Crippen molar-refractivity contribution in [3.05, 3.63) is 29.3 Å². The third-order valence-electron chi connectivity index (χ3n) is 3.47. The molecule has 2 rings (SSSR count). The van der Waals surface area contributed by atoms with Crippen molar-refractivity contribution < 1.29 is 4.74 Å². The van der Waals surface area contributed by atoms with Crippen LogP contribution in [-0.4, -0.2) is 25.1 Å². The van der Waals surface area contributed by atoms with Gasteiger partial charge in [-0.2, -0.15) is 5.26 Å². The Morgan fingerprint density at radius 1 is 1.28 bits per heavy atom. The van der Waals surface area contributed by atoms with Crippen LogP contribution in [0.3, 0.4) is 0 Å². The highest BCUT2D eigenvalue weighted by molar-refractivity contribution is 5.38. The second-order valence-corrected chi connectivity index (χ2v) is 4.82. The summed E-state index contributed by atoms with van der Waals surface area (Å²) in [7, 11) is 1.71. The van der Waals surface area contributed by atoms with Gasteiger partial charge >= 0.3 is 0 Å².